The number of rotatable bonds is 6. The van der Waals surface area contributed by atoms with E-state index in [1.807, 2.05) is 6.92 Å². The van der Waals surface area contributed by atoms with E-state index in [0.29, 0.717) is 33.9 Å². The fourth-order valence-electron chi connectivity index (χ4n) is 2.73. The predicted octanol–water partition coefficient (Wildman–Crippen LogP) is 2.99. The monoisotopic (exact) mass is 378 g/mol. The summed E-state index contributed by atoms with van der Waals surface area (Å²) >= 11 is 11.6. The lowest BCUT2D eigenvalue weighted by Gasteiger charge is -2.35. The summed E-state index contributed by atoms with van der Waals surface area (Å²) in [6.45, 7) is 7.77. The van der Waals surface area contributed by atoms with Gasteiger partial charge in [-0.3, -0.25) is 4.79 Å². The highest BCUT2D eigenvalue weighted by molar-refractivity contribution is 7.80. The lowest BCUT2D eigenvalue weighted by molar-refractivity contribution is -0.120. The molecule has 0 saturated carbocycles. The number of carbonyl (C=O) groups excluding carboxylic acids is 1. The fourth-order valence-corrected chi connectivity index (χ4v) is 3.26. The Kier molecular flexibility index (Phi) is 6.29. The van der Waals surface area contributed by atoms with Gasteiger partial charge in [0, 0.05) is 5.70 Å². The third-order valence-corrected chi connectivity index (χ3v) is 4.20. The molecule has 0 amide bonds. The average molecular weight is 379 g/mol. The molecule has 132 valence electrons. The minimum absolute atomic E-state index is 0.0424. The molecule has 25 heavy (non-hydrogen) atoms. The molecule has 1 aromatic rings. The number of hydrogen-bond donors (Lipinski definition) is 2. The highest BCUT2D eigenvalue weighted by Gasteiger charge is 2.35. The Labute approximate surface area is 157 Å². The number of benzene rings is 1. The Hall–Kier alpha value is -2.23. The smallest absolute Gasteiger partial charge is 0.181 e. The molecule has 2 atom stereocenters. The van der Waals surface area contributed by atoms with Crippen molar-refractivity contribution in [3.63, 3.8) is 0 Å². The fraction of sp³-hybridized carbons (Fsp3) is 0.333. The van der Waals surface area contributed by atoms with E-state index in [-0.39, 0.29) is 12.4 Å². The molecule has 0 aliphatic carbocycles. The van der Waals surface area contributed by atoms with Crippen molar-refractivity contribution in [1.29, 1.82) is 0 Å². The third kappa shape index (κ3) is 4.25. The topological polar surface area (TPSA) is 59.6 Å². The summed E-state index contributed by atoms with van der Waals surface area (Å²) in [5, 5.41) is 6.74. The predicted molar refractivity (Wildman–Crippen MR) is 102 cm³/mol. The molecule has 0 spiro atoms. The first-order valence-corrected chi connectivity index (χ1v) is 8.46. The van der Waals surface area contributed by atoms with Crippen molar-refractivity contribution in [2.45, 2.75) is 19.9 Å². The first-order valence-electron chi connectivity index (χ1n) is 7.68. The maximum atomic E-state index is 12.1. The van der Waals surface area contributed by atoms with Crippen LogP contribution in [0.1, 0.15) is 25.5 Å². The molecular weight excluding hydrogens is 360 g/mol. The van der Waals surface area contributed by atoms with E-state index >= 15 is 0 Å². The molecule has 0 aromatic heterocycles. The normalized spacial score (nSPS) is 19.4. The Bertz CT molecular complexity index is 757. The van der Waals surface area contributed by atoms with E-state index in [9.17, 15) is 4.79 Å². The summed E-state index contributed by atoms with van der Waals surface area (Å²) in [6.07, 6.45) is 5.24. The van der Waals surface area contributed by atoms with Gasteiger partial charge in [0.1, 0.15) is 12.4 Å². The number of ketones is 1. The summed E-state index contributed by atoms with van der Waals surface area (Å²) in [7, 11) is 0. The van der Waals surface area contributed by atoms with Gasteiger partial charge in [-0.15, -0.1) is 6.42 Å². The first kappa shape index (κ1) is 19.1. The number of carbonyl (C=O) groups is 1. The van der Waals surface area contributed by atoms with Gasteiger partial charge < -0.3 is 20.1 Å². The summed E-state index contributed by atoms with van der Waals surface area (Å²) in [6, 6.07) is 3.08. The third-order valence-electron chi connectivity index (χ3n) is 3.70. The van der Waals surface area contributed by atoms with Gasteiger partial charge in [-0.05, 0) is 43.8 Å². The molecule has 1 heterocycles. The number of ether oxygens (including phenoxy) is 2. The quantitative estimate of drug-likeness (QED) is 0.586. The highest BCUT2D eigenvalue weighted by atomic mass is 35.5. The maximum Gasteiger partial charge on any atom is 0.181 e. The van der Waals surface area contributed by atoms with E-state index < -0.39 is 12.0 Å². The second-order valence-corrected chi connectivity index (χ2v) is 6.26. The number of thiocarbonyl (C=S) groups is 1. The van der Waals surface area contributed by atoms with Crippen molar-refractivity contribution in [1.82, 2.24) is 10.6 Å². The van der Waals surface area contributed by atoms with Crippen molar-refractivity contribution < 1.29 is 14.3 Å². The van der Waals surface area contributed by atoms with Gasteiger partial charge in [0.05, 0.1) is 23.6 Å². The molecule has 2 rings (SSSR count). The zero-order valence-corrected chi connectivity index (χ0v) is 15.6. The van der Waals surface area contributed by atoms with Gasteiger partial charge in [0.25, 0.3) is 0 Å². The van der Waals surface area contributed by atoms with Gasteiger partial charge in [-0.2, -0.15) is 0 Å². The van der Waals surface area contributed by atoms with E-state index in [2.05, 4.69) is 23.1 Å². The second kappa shape index (κ2) is 8.24. The molecule has 0 unspecified atom stereocenters. The molecule has 7 heteroatoms. The Morgan fingerprint density at radius 1 is 1.48 bits per heavy atom. The number of Topliss-reactive ketones (excluding diaryl/α,β-unsaturated/α-hetero) is 1. The molecule has 0 bridgehead atoms. The van der Waals surface area contributed by atoms with E-state index in [1.54, 1.807) is 12.1 Å². The zero-order valence-electron chi connectivity index (χ0n) is 14.0. The van der Waals surface area contributed by atoms with Crippen molar-refractivity contribution in [3.05, 3.63) is 35.0 Å². The first-order chi connectivity index (χ1) is 11.9. The van der Waals surface area contributed by atoms with Crippen LogP contribution in [0.15, 0.2) is 24.4 Å². The van der Waals surface area contributed by atoms with Crippen LogP contribution in [0.25, 0.3) is 0 Å². The number of nitrogens with one attached hydrogen (secondary N) is 2. The van der Waals surface area contributed by atoms with Crippen LogP contribution in [-0.2, 0) is 4.79 Å². The van der Waals surface area contributed by atoms with E-state index in [4.69, 9.17) is 39.7 Å². The molecule has 0 radical (unpaired) electrons. The average Bonchev–Trinajstić information content (AvgIpc) is 2.53. The highest BCUT2D eigenvalue weighted by Crippen LogP contribution is 2.40. The largest absolute Gasteiger partial charge is 0.490 e. The van der Waals surface area contributed by atoms with Crippen LogP contribution in [0.3, 0.4) is 0 Å². The maximum absolute atomic E-state index is 12.1. The van der Waals surface area contributed by atoms with Gasteiger partial charge in [0.2, 0.25) is 0 Å². The van der Waals surface area contributed by atoms with Crippen LogP contribution >= 0.6 is 23.8 Å². The molecule has 5 nitrogen and oxygen atoms in total. The van der Waals surface area contributed by atoms with Crippen molar-refractivity contribution in [2.24, 2.45) is 5.92 Å². The number of hydrogen-bond acceptors (Lipinski definition) is 4. The van der Waals surface area contributed by atoms with Gasteiger partial charge in [-0.25, -0.2) is 0 Å². The molecule has 1 aliphatic rings. The molecule has 1 fully saturated rings. The van der Waals surface area contributed by atoms with Crippen molar-refractivity contribution in [3.8, 4) is 23.8 Å². The molecule has 1 saturated heterocycles. The van der Waals surface area contributed by atoms with Crippen LogP contribution in [0.5, 0.6) is 11.5 Å². The molecule has 1 aromatic carbocycles. The van der Waals surface area contributed by atoms with Crippen LogP contribution < -0.4 is 20.1 Å². The summed E-state index contributed by atoms with van der Waals surface area (Å²) < 4.78 is 11.1. The minimum atomic E-state index is -0.491. The summed E-state index contributed by atoms with van der Waals surface area (Å²) in [4.78, 5) is 12.1. The number of halogens is 1. The summed E-state index contributed by atoms with van der Waals surface area (Å²) in [5.74, 6) is 2.69. The number of terminal acetylenes is 1. The standard InChI is InChI=1S/C18H19ClN2O3S/c1-5-7-24-17-13(19)8-12(9-14(17)23-6-2)16-15(11(4)22)10(3)20-18(25)21-16/h1,8-9,15-16H,3,6-7H2,2,4H3,(H2,20,21,25)/t15-,16-/m1/s1. The Balaban J connectivity index is 2.49. The van der Waals surface area contributed by atoms with Gasteiger partial charge in [0.15, 0.2) is 16.6 Å². The summed E-state index contributed by atoms with van der Waals surface area (Å²) in [5.41, 5.74) is 1.29. The lowest BCUT2D eigenvalue weighted by Crippen LogP contribution is -2.50. The van der Waals surface area contributed by atoms with Gasteiger partial charge >= 0.3 is 0 Å². The zero-order chi connectivity index (χ0) is 18.6. The van der Waals surface area contributed by atoms with Gasteiger partial charge in [-0.1, -0.05) is 24.1 Å². The van der Waals surface area contributed by atoms with Crippen LogP contribution in [0.2, 0.25) is 5.02 Å². The van der Waals surface area contributed by atoms with E-state index in [1.165, 1.54) is 6.92 Å². The van der Waals surface area contributed by atoms with Crippen molar-refractivity contribution in [2.75, 3.05) is 13.2 Å². The van der Waals surface area contributed by atoms with Crippen LogP contribution in [-0.4, -0.2) is 24.1 Å². The molecule has 1 aliphatic heterocycles. The Morgan fingerprint density at radius 2 is 2.20 bits per heavy atom. The van der Waals surface area contributed by atoms with E-state index in [0.717, 1.165) is 5.56 Å². The molecule has 2 N–H and O–H groups in total. The second-order valence-electron chi connectivity index (χ2n) is 5.45. The molecular formula is C18H19ClN2O3S. The van der Waals surface area contributed by atoms with Crippen molar-refractivity contribution >= 4 is 34.7 Å². The Morgan fingerprint density at radius 3 is 2.80 bits per heavy atom. The van der Waals surface area contributed by atoms with Crippen LogP contribution in [0, 0.1) is 18.3 Å². The van der Waals surface area contributed by atoms with Crippen LogP contribution in [0.4, 0.5) is 0 Å². The lowest BCUT2D eigenvalue weighted by atomic mass is 9.86. The SMILES string of the molecule is C#CCOc1c(Cl)cc([C@H]2NC(=S)NC(=C)[C@@H]2C(C)=O)cc1OCC. The minimum Gasteiger partial charge on any atom is -0.490 e.